The van der Waals surface area contributed by atoms with Gasteiger partial charge in [0.2, 0.25) is 5.91 Å². The summed E-state index contributed by atoms with van der Waals surface area (Å²) in [6, 6.07) is 18.4. The van der Waals surface area contributed by atoms with Gasteiger partial charge in [-0.05, 0) is 49.5 Å². The van der Waals surface area contributed by atoms with E-state index in [1.807, 2.05) is 37.4 Å². The predicted octanol–water partition coefficient (Wildman–Crippen LogP) is 4.14. The van der Waals surface area contributed by atoms with Crippen LogP contribution in [0, 0.1) is 0 Å². The number of carbonyl (C=O) groups is 1. The van der Waals surface area contributed by atoms with E-state index >= 15 is 0 Å². The van der Waals surface area contributed by atoms with Crippen molar-refractivity contribution in [3.05, 3.63) is 54.6 Å². The summed E-state index contributed by atoms with van der Waals surface area (Å²) in [6.45, 7) is 6.40. The van der Waals surface area contributed by atoms with E-state index in [9.17, 15) is 4.79 Å². The Kier molecular flexibility index (Phi) is 6.68. The summed E-state index contributed by atoms with van der Waals surface area (Å²) in [4.78, 5) is 18.6. The molecule has 0 radical (unpaired) electrons. The molecule has 0 heterocycles. The van der Waals surface area contributed by atoms with Crippen LogP contribution in [0.4, 0.5) is 5.69 Å². The van der Waals surface area contributed by atoms with Crippen LogP contribution in [0.1, 0.15) is 13.8 Å². The number of rotatable bonds is 7. The zero-order valence-electron chi connectivity index (χ0n) is 14.0. The largest absolute Gasteiger partial charge is 0.314 e. The molecule has 2 aromatic rings. The minimum absolute atomic E-state index is 0.122. The Morgan fingerprint density at radius 2 is 1.48 bits per heavy atom. The fourth-order valence-corrected chi connectivity index (χ4v) is 3.09. The second-order valence-electron chi connectivity index (χ2n) is 5.32. The van der Waals surface area contributed by atoms with Crippen molar-refractivity contribution in [2.24, 2.45) is 0 Å². The lowest BCUT2D eigenvalue weighted by Crippen LogP contribution is -2.38. The van der Waals surface area contributed by atoms with Gasteiger partial charge in [0, 0.05) is 22.5 Å². The third-order valence-corrected chi connectivity index (χ3v) is 4.85. The highest BCUT2D eigenvalue weighted by Gasteiger charge is 2.13. The van der Waals surface area contributed by atoms with Crippen molar-refractivity contribution < 1.29 is 4.79 Å². The standard InChI is InChI=1S/C19H24N2OS/c1-4-21(5-2)15-19(22)20(3)16-11-13-18(14-12-16)23-17-9-7-6-8-10-17/h6-14H,4-5,15H2,1-3H3. The molecule has 122 valence electrons. The molecule has 23 heavy (non-hydrogen) atoms. The highest BCUT2D eigenvalue weighted by molar-refractivity contribution is 7.99. The molecule has 0 aliphatic carbocycles. The van der Waals surface area contributed by atoms with E-state index in [0.29, 0.717) is 6.54 Å². The summed E-state index contributed by atoms with van der Waals surface area (Å²) in [6.07, 6.45) is 0. The van der Waals surface area contributed by atoms with Crippen LogP contribution in [-0.2, 0) is 4.79 Å². The SMILES string of the molecule is CCN(CC)CC(=O)N(C)c1ccc(Sc2ccccc2)cc1. The van der Waals surface area contributed by atoms with Crippen LogP contribution in [0.25, 0.3) is 0 Å². The van der Waals surface area contributed by atoms with E-state index in [2.05, 4.69) is 43.0 Å². The van der Waals surface area contributed by atoms with Gasteiger partial charge in [-0.2, -0.15) is 0 Å². The summed E-state index contributed by atoms with van der Waals surface area (Å²) in [5.41, 5.74) is 0.930. The third kappa shape index (κ3) is 5.12. The van der Waals surface area contributed by atoms with Gasteiger partial charge in [-0.1, -0.05) is 43.8 Å². The van der Waals surface area contributed by atoms with Crippen LogP contribution < -0.4 is 4.90 Å². The molecular weight excluding hydrogens is 304 g/mol. The first-order valence-corrected chi connectivity index (χ1v) is 8.77. The molecule has 0 saturated carbocycles. The Hall–Kier alpha value is -1.78. The molecular formula is C19H24N2OS. The molecule has 0 N–H and O–H groups in total. The molecule has 1 amide bonds. The van der Waals surface area contributed by atoms with Gasteiger partial charge >= 0.3 is 0 Å². The van der Waals surface area contributed by atoms with Crippen LogP contribution in [0.5, 0.6) is 0 Å². The van der Waals surface area contributed by atoms with Gasteiger partial charge in [-0.15, -0.1) is 0 Å². The third-order valence-electron chi connectivity index (χ3n) is 3.83. The van der Waals surface area contributed by atoms with Crippen LogP contribution in [0.15, 0.2) is 64.4 Å². The highest BCUT2D eigenvalue weighted by Crippen LogP contribution is 2.28. The van der Waals surface area contributed by atoms with Crippen LogP contribution in [0.2, 0.25) is 0 Å². The van der Waals surface area contributed by atoms with Crippen LogP contribution in [0.3, 0.4) is 0 Å². The van der Waals surface area contributed by atoms with Crippen LogP contribution >= 0.6 is 11.8 Å². The maximum atomic E-state index is 12.3. The van der Waals surface area contributed by atoms with Crippen molar-refractivity contribution in [1.82, 2.24) is 4.90 Å². The number of carbonyl (C=O) groups excluding carboxylic acids is 1. The maximum Gasteiger partial charge on any atom is 0.240 e. The molecule has 2 aromatic carbocycles. The lowest BCUT2D eigenvalue weighted by Gasteiger charge is -2.23. The van der Waals surface area contributed by atoms with Gasteiger partial charge in [0.25, 0.3) is 0 Å². The van der Waals surface area contributed by atoms with Gasteiger partial charge in [0.05, 0.1) is 6.54 Å². The van der Waals surface area contributed by atoms with E-state index < -0.39 is 0 Å². The molecule has 2 rings (SSSR count). The van der Waals surface area contributed by atoms with Crippen molar-refractivity contribution in [3.63, 3.8) is 0 Å². The number of nitrogens with zero attached hydrogens (tertiary/aromatic N) is 2. The van der Waals surface area contributed by atoms with Crippen molar-refractivity contribution in [1.29, 1.82) is 0 Å². The number of amides is 1. The van der Waals surface area contributed by atoms with E-state index in [-0.39, 0.29) is 5.91 Å². The van der Waals surface area contributed by atoms with Gasteiger partial charge in [0.1, 0.15) is 0 Å². The molecule has 0 aliphatic heterocycles. The monoisotopic (exact) mass is 328 g/mol. The van der Waals surface area contributed by atoms with Crippen molar-refractivity contribution in [2.75, 3.05) is 31.6 Å². The van der Waals surface area contributed by atoms with Crippen molar-refractivity contribution >= 4 is 23.4 Å². The summed E-state index contributed by atoms with van der Waals surface area (Å²) >= 11 is 1.72. The number of hydrogen-bond acceptors (Lipinski definition) is 3. The Labute approximate surface area is 143 Å². The zero-order chi connectivity index (χ0) is 16.7. The first-order chi connectivity index (χ1) is 11.1. The Morgan fingerprint density at radius 3 is 2.04 bits per heavy atom. The molecule has 0 aromatic heterocycles. The topological polar surface area (TPSA) is 23.6 Å². The number of hydrogen-bond donors (Lipinski definition) is 0. The van der Waals surface area contributed by atoms with Gasteiger partial charge in [-0.25, -0.2) is 0 Å². The van der Waals surface area contributed by atoms with Crippen molar-refractivity contribution in [3.8, 4) is 0 Å². The van der Waals surface area contributed by atoms with Crippen molar-refractivity contribution in [2.45, 2.75) is 23.6 Å². The molecule has 0 atom stereocenters. The number of anilines is 1. The van der Waals surface area contributed by atoms with E-state index in [4.69, 9.17) is 0 Å². The Bertz CT molecular complexity index is 609. The first-order valence-electron chi connectivity index (χ1n) is 7.96. The highest BCUT2D eigenvalue weighted by atomic mass is 32.2. The Morgan fingerprint density at radius 1 is 0.913 bits per heavy atom. The summed E-state index contributed by atoms with van der Waals surface area (Å²) in [5, 5.41) is 0. The summed E-state index contributed by atoms with van der Waals surface area (Å²) < 4.78 is 0. The summed E-state index contributed by atoms with van der Waals surface area (Å²) in [7, 11) is 1.84. The lowest BCUT2D eigenvalue weighted by molar-refractivity contribution is -0.119. The number of likely N-dealkylation sites (N-methyl/N-ethyl adjacent to an activating group) is 2. The second kappa shape index (κ2) is 8.75. The smallest absolute Gasteiger partial charge is 0.240 e. The molecule has 0 fully saturated rings. The van der Waals surface area contributed by atoms with Gasteiger partial charge in [-0.3, -0.25) is 9.69 Å². The predicted molar refractivity (Wildman–Crippen MR) is 98.2 cm³/mol. The minimum Gasteiger partial charge on any atom is -0.314 e. The van der Waals surface area contributed by atoms with E-state index in [0.717, 1.165) is 18.8 Å². The fraction of sp³-hybridized carbons (Fsp3) is 0.316. The van der Waals surface area contributed by atoms with E-state index in [1.165, 1.54) is 9.79 Å². The normalized spacial score (nSPS) is 10.8. The molecule has 0 spiro atoms. The molecule has 3 nitrogen and oxygen atoms in total. The fourth-order valence-electron chi connectivity index (χ4n) is 2.25. The average Bonchev–Trinajstić information content (AvgIpc) is 2.60. The molecule has 4 heteroatoms. The van der Waals surface area contributed by atoms with E-state index in [1.54, 1.807) is 16.7 Å². The average molecular weight is 328 g/mol. The Balaban J connectivity index is 1.99. The van der Waals surface area contributed by atoms with Gasteiger partial charge < -0.3 is 4.90 Å². The zero-order valence-corrected chi connectivity index (χ0v) is 14.8. The summed E-state index contributed by atoms with van der Waals surface area (Å²) in [5.74, 6) is 0.122. The first kappa shape index (κ1) is 17.6. The molecule has 0 aliphatic rings. The van der Waals surface area contributed by atoms with Gasteiger partial charge in [0.15, 0.2) is 0 Å². The number of benzene rings is 2. The second-order valence-corrected chi connectivity index (χ2v) is 6.47. The maximum absolute atomic E-state index is 12.3. The minimum atomic E-state index is 0.122. The quantitative estimate of drug-likeness (QED) is 0.763. The van der Waals surface area contributed by atoms with Crippen LogP contribution in [-0.4, -0.2) is 37.5 Å². The molecule has 0 bridgehead atoms. The lowest BCUT2D eigenvalue weighted by atomic mass is 10.3. The molecule has 0 unspecified atom stereocenters. The molecule has 0 saturated heterocycles.